The number of aromatic nitrogens is 2. The van der Waals surface area contributed by atoms with Crippen LogP contribution in [0.5, 0.6) is 0 Å². The molecule has 0 radical (unpaired) electrons. The maximum atomic E-state index is 5.69. The van der Waals surface area contributed by atoms with Crippen LogP contribution in [-0.4, -0.2) is 9.78 Å². The van der Waals surface area contributed by atoms with Gasteiger partial charge >= 0.3 is 0 Å². The predicted octanol–water partition coefficient (Wildman–Crippen LogP) is 2.07. The van der Waals surface area contributed by atoms with Crippen LogP contribution in [-0.2, 0) is 13.1 Å². The Balaban J connectivity index is 2.29. The molecule has 0 atom stereocenters. The molecule has 2 rings (SSSR count). The Morgan fingerprint density at radius 3 is 2.80 bits per heavy atom. The summed E-state index contributed by atoms with van der Waals surface area (Å²) in [5, 5.41) is 6.59. The van der Waals surface area contributed by atoms with Gasteiger partial charge in [-0.1, -0.05) is 6.07 Å². The van der Waals surface area contributed by atoms with E-state index in [2.05, 4.69) is 29.5 Å². The Bertz CT molecular complexity index is 443. The lowest BCUT2D eigenvalue weighted by molar-refractivity contribution is 0.665. The van der Waals surface area contributed by atoms with Crippen molar-refractivity contribution in [3.05, 3.63) is 39.3 Å². The Labute approximate surface area is 93.5 Å². The number of nitrogens with zero attached hydrogens (tertiary/aromatic N) is 2. The van der Waals surface area contributed by atoms with E-state index in [1.165, 1.54) is 16.1 Å². The lowest BCUT2D eigenvalue weighted by Gasteiger charge is -2.02. The van der Waals surface area contributed by atoms with Crippen molar-refractivity contribution >= 4 is 11.3 Å². The summed E-state index contributed by atoms with van der Waals surface area (Å²) in [7, 11) is 0. The zero-order valence-electron chi connectivity index (χ0n) is 9.03. The first-order valence-electron chi connectivity index (χ1n) is 4.97. The topological polar surface area (TPSA) is 43.8 Å². The minimum atomic E-state index is 0.572. The molecule has 0 unspecified atom stereocenters. The van der Waals surface area contributed by atoms with Crippen molar-refractivity contribution in [2.24, 2.45) is 5.73 Å². The molecule has 15 heavy (non-hydrogen) atoms. The molecule has 2 aromatic heterocycles. The highest BCUT2D eigenvalue weighted by atomic mass is 32.1. The van der Waals surface area contributed by atoms with Gasteiger partial charge in [0.2, 0.25) is 0 Å². The van der Waals surface area contributed by atoms with E-state index in [9.17, 15) is 0 Å². The van der Waals surface area contributed by atoms with E-state index in [0.717, 1.165) is 12.2 Å². The zero-order chi connectivity index (χ0) is 10.8. The van der Waals surface area contributed by atoms with Gasteiger partial charge in [-0.3, -0.25) is 4.68 Å². The van der Waals surface area contributed by atoms with Crippen LogP contribution in [0.3, 0.4) is 0 Å². The minimum absolute atomic E-state index is 0.572. The van der Waals surface area contributed by atoms with Crippen molar-refractivity contribution in [1.29, 1.82) is 0 Å². The van der Waals surface area contributed by atoms with Crippen molar-refractivity contribution in [2.45, 2.75) is 26.9 Å². The van der Waals surface area contributed by atoms with Crippen LogP contribution in [0.2, 0.25) is 0 Å². The van der Waals surface area contributed by atoms with Gasteiger partial charge in [0.25, 0.3) is 0 Å². The maximum absolute atomic E-state index is 5.69. The molecule has 0 aromatic carbocycles. The summed E-state index contributed by atoms with van der Waals surface area (Å²) in [6.07, 6.45) is 0. The van der Waals surface area contributed by atoms with Gasteiger partial charge in [-0.15, -0.1) is 11.3 Å². The number of hydrogen-bond acceptors (Lipinski definition) is 3. The standard InChI is InChI=1S/C11H15N3S/c1-8-11(6-12)9(2)14(13-8)7-10-4-3-5-15-10/h3-5H,6-7,12H2,1-2H3. The van der Waals surface area contributed by atoms with E-state index in [-0.39, 0.29) is 0 Å². The highest BCUT2D eigenvalue weighted by Gasteiger charge is 2.09. The van der Waals surface area contributed by atoms with Crippen LogP contribution in [0.1, 0.15) is 21.8 Å². The van der Waals surface area contributed by atoms with Crippen molar-refractivity contribution in [3.63, 3.8) is 0 Å². The van der Waals surface area contributed by atoms with Gasteiger partial charge in [0.05, 0.1) is 12.2 Å². The van der Waals surface area contributed by atoms with Crippen LogP contribution in [0.4, 0.5) is 0 Å². The molecule has 4 heteroatoms. The van der Waals surface area contributed by atoms with Crippen LogP contribution >= 0.6 is 11.3 Å². The highest BCUT2D eigenvalue weighted by molar-refractivity contribution is 7.09. The van der Waals surface area contributed by atoms with Gasteiger partial charge in [-0.25, -0.2) is 0 Å². The lowest BCUT2D eigenvalue weighted by Crippen LogP contribution is -2.04. The molecule has 2 heterocycles. The molecular formula is C11H15N3S. The Kier molecular flexibility index (Phi) is 2.88. The summed E-state index contributed by atoms with van der Waals surface area (Å²) in [4.78, 5) is 1.32. The molecule has 0 aliphatic carbocycles. The number of rotatable bonds is 3. The summed E-state index contributed by atoms with van der Waals surface area (Å²) in [6.45, 7) is 5.52. The second kappa shape index (κ2) is 4.16. The van der Waals surface area contributed by atoms with Crippen LogP contribution in [0.15, 0.2) is 17.5 Å². The summed E-state index contributed by atoms with van der Waals surface area (Å²) < 4.78 is 2.03. The molecule has 2 N–H and O–H groups in total. The van der Waals surface area contributed by atoms with E-state index in [1.54, 1.807) is 11.3 Å². The molecule has 0 fully saturated rings. The molecule has 0 saturated carbocycles. The fourth-order valence-electron chi connectivity index (χ4n) is 1.73. The van der Waals surface area contributed by atoms with E-state index < -0.39 is 0 Å². The molecule has 0 spiro atoms. The smallest absolute Gasteiger partial charge is 0.0755 e. The van der Waals surface area contributed by atoms with Crippen molar-refractivity contribution < 1.29 is 0 Å². The van der Waals surface area contributed by atoms with Crippen LogP contribution < -0.4 is 5.73 Å². The maximum Gasteiger partial charge on any atom is 0.0755 e. The summed E-state index contributed by atoms with van der Waals surface area (Å²) in [6, 6.07) is 4.19. The number of nitrogens with two attached hydrogens (primary N) is 1. The molecule has 3 nitrogen and oxygen atoms in total. The molecule has 0 saturated heterocycles. The second-order valence-corrected chi connectivity index (χ2v) is 4.62. The average Bonchev–Trinajstić information content (AvgIpc) is 2.78. The van der Waals surface area contributed by atoms with Gasteiger partial charge < -0.3 is 5.73 Å². The summed E-state index contributed by atoms with van der Waals surface area (Å²) in [5.41, 5.74) is 9.09. The molecule has 0 bridgehead atoms. The molecule has 80 valence electrons. The average molecular weight is 221 g/mol. The Hall–Kier alpha value is -1.13. The fraction of sp³-hybridized carbons (Fsp3) is 0.364. The first-order valence-corrected chi connectivity index (χ1v) is 5.85. The number of thiophene rings is 1. The normalized spacial score (nSPS) is 10.9. The van der Waals surface area contributed by atoms with E-state index in [1.807, 2.05) is 11.6 Å². The summed E-state index contributed by atoms with van der Waals surface area (Å²) in [5.74, 6) is 0. The Morgan fingerprint density at radius 1 is 1.47 bits per heavy atom. The van der Waals surface area contributed by atoms with Gasteiger partial charge in [0.1, 0.15) is 0 Å². The van der Waals surface area contributed by atoms with Crippen molar-refractivity contribution in [2.75, 3.05) is 0 Å². The third kappa shape index (κ3) is 1.96. The SMILES string of the molecule is Cc1nn(Cc2cccs2)c(C)c1CN. The molecule has 2 aromatic rings. The monoisotopic (exact) mass is 221 g/mol. The van der Waals surface area contributed by atoms with E-state index in [4.69, 9.17) is 5.73 Å². The summed E-state index contributed by atoms with van der Waals surface area (Å²) >= 11 is 1.76. The predicted molar refractivity (Wildman–Crippen MR) is 63.0 cm³/mol. The van der Waals surface area contributed by atoms with Gasteiger partial charge in [-0.05, 0) is 25.3 Å². The van der Waals surface area contributed by atoms with Gasteiger partial charge in [0, 0.05) is 22.7 Å². The first-order chi connectivity index (χ1) is 7.22. The second-order valence-electron chi connectivity index (χ2n) is 3.59. The third-order valence-corrected chi connectivity index (χ3v) is 3.48. The molecular weight excluding hydrogens is 206 g/mol. The van der Waals surface area contributed by atoms with Crippen molar-refractivity contribution in [1.82, 2.24) is 9.78 Å². The molecule has 0 aliphatic rings. The fourth-order valence-corrected chi connectivity index (χ4v) is 2.42. The quantitative estimate of drug-likeness (QED) is 0.862. The minimum Gasteiger partial charge on any atom is -0.326 e. The van der Waals surface area contributed by atoms with Gasteiger partial charge in [0.15, 0.2) is 0 Å². The Morgan fingerprint density at radius 2 is 2.27 bits per heavy atom. The highest BCUT2D eigenvalue weighted by Crippen LogP contribution is 2.16. The molecule has 0 amide bonds. The van der Waals surface area contributed by atoms with Crippen molar-refractivity contribution in [3.8, 4) is 0 Å². The molecule has 0 aliphatic heterocycles. The third-order valence-electron chi connectivity index (χ3n) is 2.62. The van der Waals surface area contributed by atoms with E-state index >= 15 is 0 Å². The van der Waals surface area contributed by atoms with E-state index in [0.29, 0.717) is 6.54 Å². The number of aryl methyl sites for hydroxylation is 1. The number of hydrogen-bond donors (Lipinski definition) is 1. The van der Waals surface area contributed by atoms with Gasteiger partial charge in [-0.2, -0.15) is 5.10 Å². The first kappa shape index (κ1) is 10.4. The van der Waals surface area contributed by atoms with Crippen LogP contribution in [0, 0.1) is 13.8 Å². The largest absolute Gasteiger partial charge is 0.326 e. The zero-order valence-corrected chi connectivity index (χ0v) is 9.84. The lowest BCUT2D eigenvalue weighted by atomic mass is 10.2. The van der Waals surface area contributed by atoms with Crippen LogP contribution in [0.25, 0.3) is 0 Å².